The summed E-state index contributed by atoms with van der Waals surface area (Å²) in [6, 6.07) is 2.99. The third-order valence-electron chi connectivity index (χ3n) is 3.55. The van der Waals surface area contributed by atoms with Crippen LogP contribution in [0.3, 0.4) is 0 Å². The van der Waals surface area contributed by atoms with Gasteiger partial charge in [-0.15, -0.1) is 0 Å². The summed E-state index contributed by atoms with van der Waals surface area (Å²) in [4.78, 5) is 22.9. The lowest BCUT2D eigenvalue weighted by Crippen LogP contribution is -2.37. The summed E-state index contributed by atoms with van der Waals surface area (Å²) >= 11 is 5.59. The van der Waals surface area contributed by atoms with E-state index in [1.54, 1.807) is 0 Å². The lowest BCUT2D eigenvalue weighted by Gasteiger charge is -2.28. The number of amides is 1. The van der Waals surface area contributed by atoms with Gasteiger partial charge in [-0.05, 0) is 42.5 Å². The van der Waals surface area contributed by atoms with E-state index in [4.69, 9.17) is 21.1 Å². The van der Waals surface area contributed by atoms with Crippen molar-refractivity contribution in [3.05, 3.63) is 23.1 Å². The van der Waals surface area contributed by atoms with Gasteiger partial charge in [-0.1, -0.05) is 12.8 Å². The second kappa shape index (κ2) is 6.10. The second-order valence-corrected chi connectivity index (χ2v) is 5.18. The lowest BCUT2D eigenvalue weighted by atomic mass is 9.79. The van der Waals surface area contributed by atoms with E-state index in [-0.39, 0.29) is 28.7 Å². The number of hydrogen-bond donors (Lipinski definition) is 2. The number of aliphatic carboxylic acids is 1. The maximum atomic E-state index is 11.8. The zero-order valence-electron chi connectivity index (χ0n) is 10.4. The van der Waals surface area contributed by atoms with Crippen LogP contribution in [0.2, 0.25) is 5.22 Å². The number of carboxylic acid groups (broad SMARTS) is 1. The SMILES string of the molecule is O=C(NCC1CCCCC1C(=O)O)c1ccc(Cl)o1. The average molecular weight is 286 g/mol. The monoisotopic (exact) mass is 285 g/mol. The Labute approximate surface area is 115 Å². The Balaban J connectivity index is 1.90. The molecule has 0 spiro atoms. The van der Waals surface area contributed by atoms with Crippen LogP contribution in [0.1, 0.15) is 36.2 Å². The molecule has 1 amide bonds. The Morgan fingerprint density at radius 3 is 2.74 bits per heavy atom. The molecule has 1 heterocycles. The van der Waals surface area contributed by atoms with Gasteiger partial charge in [-0.25, -0.2) is 0 Å². The van der Waals surface area contributed by atoms with Gasteiger partial charge in [0.15, 0.2) is 11.0 Å². The minimum Gasteiger partial charge on any atom is -0.481 e. The van der Waals surface area contributed by atoms with Crippen molar-refractivity contribution < 1.29 is 19.1 Å². The number of carbonyl (C=O) groups is 2. The minimum absolute atomic E-state index is 0.0133. The number of carboxylic acids is 1. The van der Waals surface area contributed by atoms with Crippen LogP contribution in [-0.4, -0.2) is 23.5 Å². The molecule has 104 valence electrons. The number of carbonyl (C=O) groups excluding carboxylic acids is 1. The van der Waals surface area contributed by atoms with E-state index in [0.29, 0.717) is 13.0 Å². The highest BCUT2D eigenvalue weighted by molar-refractivity contribution is 6.29. The van der Waals surface area contributed by atoms with Crippen molar-refractivity contribution in [2.24, 2.45) is 11.8 Å². The summed E-state index contributed by atoms with van der Waals surface area (Å²) in [7, 11) is 0. The molecular weight excluding hydrogens is 270 g/mol. The third kappa shape index (κ3) is 3.50. The Morgan fingerprint density at radius 2 is 2.11 bits per heavy atom. The van der Waals surface area contributed by atoms with Crippen LogP contribution < -0.4 is 5.32 Å². The first-order valence-corrected chi connectivity index (χ1v) is 6.72. The second-order valence-electron chi connectivity index (χ2n) is 4.80. The fourth-order valence-corrected chi connectivity index (χ4v) is 2.67. The molecule has 2 unspecified atom stereocenters. The van der Waals surface area contributed by atoms with Crippen molar-refractivity contribution in [3.8, 4) is 0 Å². The highest BCUT2D eigenvalue weighted by Gasteiger charge is 2.31. The van der Waals surface area contributed by atoms with Crippen molar-refractivity contribution in [1.82, 2.24) is 5.32 Å². The zero-order valence-corrected chi connectivity index (χ0v) is 11.2. The molecule has 6 heteroatoms. The quantitative estimate of drug-likeness (QED) is 0.891. The van der Waals surface area contributed by atoms with Gasteiger partial charge < -0.3 is 14.8 Å². The summed E-state index contributed by atoms with van der Waals surface area (Å²) in [6.45, 7) is 0.355. The topological polar surface area (TPSA) is 79.5 Å². The number of rotatable bonds is 4. The molecule has 1 aliphatic carbocycles. The maximum Gasteiger partial charge on any atom is 0.306 e. The Morgan fingerprint density at radius 1 is 1.37 bits per heavy atom. The van der Waals surface area contributed by atoms with Gasteiger partial charge in [0.05, 0.1) is 5.92 Å². The Kier molecular flexibility index (Phi) is 4.47. The largest absolute Gasteiger partial charge is 0.481 e. The molecule has 19 heavy (non-hydrogen) atoms. The van der Waals surface area contributed by atoms with E-state index >= 15 is 0 Å². The number of nitrogens with one attached hydrogen (secondary N) is 1. The van der Waals surface area contributed by atoms with E-state index in [2.05, 4.69) is 5.32 Å². The van der Waals surface area contributed by atoms with Gasteiger partial charge in [-0.2, -0.15) is 0 Å². The molecule has 2 N–H and O–H groups in total. The Bertz CT molecular complexity index is 471. The Hall–Kier alpha value is -1.49. The molecule has 1 aromatic heterocycles. The van der Waals surface area contributed by atoms with Crippen molar-refractivity contribution in [1.29, 1.82) is 0 Å². The molecule has 0 saturated heterocycles. The highest BCUT2D eigenvalue weighted by atomic mass is 35.5. The molecule has 1 fully saturated rings. The summed E-state index contributed by atoms with van der Waals surface area (Å²) in [5, 5.41) is 12.0. The summed E-state index contributed by atoms with van der Waals surface area (Å²) in [6.07, 6.45) is 3.46. The van der Waals surface area contributed by atoms with Crippen molar-refractivity contribution >= 4 is 23.5 Å². The van der Waals surface area contributed by atoms with Crippen LogP contribution >= 0.6 is 11.6 Å². The van der Waals surface area contributed by atoms with E-state index < -0.39 is 5.97 Å². The molecule has 0 aromatic carbocycles. The molecule has 1 aliphatic rings. The number of hydrogen-bond acceptors (Lipinski definition) is 3. The highest BCUT2D eigenvalue weighted by Crippen LogP contribution is 2.29. The first-order chi connectivity index (χ1) is 9.08. The smallest absolute Gasteiger partial charge is 0.306 e. The predicted octanol–water partition coefficient (Wildman–Crippen LogP) is 2.55. The van der Waals surface area contributed by atoms with Gasteiger partial charge in [0.25, 0.3) is 5.91 Å². The van der Waals surface area contributed by atoms with E-state index in [1.165, 1.54) is 12.1 Å². The summed E-state index contributed by atoms with van der Waals surface area (Å²) in [5.41, 5.74) is 0. The van der Waals surface area contributed by atoms with Crippen LogP contribution in [0, 0.1) is 11.8 Å². The third-order valence-corrected chi connectivity index (χ3v) is 3.75. The minimum atomic E-state index is -0.778. The molecule has 2 atom stereocenters. The predicted molar refractivity (Wildman–Crippen MR) is 69.1 cm³/mol. The summed E-state index contributed by atoms with van der Waals surface area (Å²) < 4.78 is 5.00. The van der Waals surface area contributed by atoms with E-state index in [1.807, 2.05) is 0 Å². The van der Waals surface area contributed by atoms with Gasteiger partial charge in [-0.3, -0.25) is 9.59 Å². The van der Waals surface area contributed by atoms with Crippen LogP contribution in [0.25, 0.3) is 0 Å². The fraction of sp³-hybridized carbons (Fsp3) is 0.538. The number of furan rings is 1. The maximum absolute atomic E-state index is 11.8. The molecular formula is C13H16ClNO4. The molecule has 0 radical (unpaired) electrons. The summed E-state index contributed by atoms with van der Waals surface area (Å²) in [5.74, 6) is -1.37. The first-order valence-electron chi connectivity index (χ1n) is 6.34. The van der Waals surface area contributed by atoms with Gasteiger partial charge in [0.2, 0.25) is 0 Å². The normalized spacial score (nSPS) is 23.0. The standard InChI is InChI=1S/C13H16ClNO4/c14-11-6-5-10(19-11)12(16)15-7-8-3-1-2-4-9(8)13(17)18/h5-6,8-9H,1-4,7H2,(H,15,16)(H,17,18). The lowest BCUT2D eigenvalue weighted by molar-refractivity contribution is -0.144. The van der Waals surface area contributed by atoms with Crippen LogP contribution in [0.15, 0.2) is 16.5 Å². The molecule has 1 saturated carbocycles. The van der Waals surface area contributed by atoms with Crippen LogP contribution in [-0.2, 0) is 4.79 Å². The molecule has 0 aliphatic heterocycles. The van der Waals surface area contributed by atoms with Crippen molar-refractivity contribution in [2.75, 3.05) is 6.54 Å². The molecule has 1 aromatic rings. The van der Waals surface area contributed by atoms with Crippen molar-refractivity contribution in [3.63, 3.8) is 0 Å². The van der Waals surface area contributed by atoms with Crippen molar-refractivity contribution in [2.45, 2.75) is 25.7 Å². The molecule has 5 nitrogen and oxygen atoms in total. The number of halogens is 1. The van der Waals surface area contributed by atoms with Gasteiger partial charge >= 0.3 is 5.97 Å². The van der Waals surface area contributed by atoms with Crippen LogP contribution in [0.4, 0.5) is 0 Å². The molecule has 0 bridgehead atoms. The zero-order chi connectivity index (χ0) is 13.8. The first kappa shape index (κ1) is 13.9. The fourth-order valence-electron chi connectivity index (χ4n) is 2.52. The van der Waals surface area contributed by atoms with Gasteiger partial charge in [0, 0.05) is 6.54 Å². The average Bonchev–Trinajstić information content (AvgIpc) is 2.83. The molecule has 2 rings (SSSR count). The van der Waals surface area contributed by atoms with Gasteiger partial charge in [0.1, 0.15) is 0 Å². The van der Waals surface area contributed by atoms with E-state index in [0.717, 1.165) is 19.3 Å². The van der Waals surface area contributed by atoms with Crippen LogP contribution in [0.5, 0.6) is 0 Å². The van der Waals surface area contributed by atoms with E-state index in [9.17, 15) is 9.59 Å².